The lowest BCUT2D eigenvalue weighted by molar-refractivity contribution is -0.125. The number of nitrogens with zero attached hydrogens (tertiary/aromatic N) is 2. The molecule has 0 aromatic carbocycles. The van der Waals surface area contributed by atoms with Gasteiger partial charge in [-0.25, -0.2) is 0 Å². The molecule has 1 aliphatic heterocycles. The number of hydrogen-bond acceptors (Lipinski definition) is 5. The number of carbonyl (C=O) groups excluding carboxylic acids is 2. The van der Waals surface area contributed by atoms with Crippen molar-refractivity contribution < 1.29 is 14.3 Å². The number of anilines is 1. The molecule has 1 atom stereocenters. The number of rotatable bonds is 7. The third kappa shape index (κ3) is 5.54. The number of thioether (sulfide) groups is 1. The Bertz CT molecular complexity index is 529. The molecule has 128 valence electrons. The first-order valence-corrected chi connectivity index (χ1v) is 9.18. The normalized spacial score (nSPS) is 16.8. The molecule has 0 bridgehead atoms. The molecule has 1 aromatic rings. The van der Waals surface area contributed by atoms with Crippen LogP contribution in [-0.2, 0) is 14.3 Å². The summed E-state index contributed by atoms with van der Waals surface area (Å²) < 4.78 is 7.23. The second-order valence-electron chi connectivity index (χ2n) is 5.58. The van der Waals surface area contributed by atoms with Gasteiger partial charge in [0.05, 0.1) is 17.9 Å². The molecular formula is C15H24N4O3S. The van der Waals surface area contributed by atoms with Crippen molar-refractivity contribution in [1.29, 1.82) is 0 Å². The van der Waals surface area contributed by atoms with E-state index in [1.165, 1.54) is 6.92 Å². The molecule has 2 rings (SSSR count). The summed E-state index contributed by atoms with van der Waals surface area (Å²) in [4.78, 5) is 23.6. The first-order valence-electron chi connectivity index (χ1n) is 7.79. The Morgan fingerprint density at radius 3 is 2.87 bits per heavy atom. The quantitative estimate of drug-likeness (QED) is 0.784. The first kappa shape index (κ1) is 17.8. The van der Waals surface area contributed by atoms with Crippen LogP contribution in [0.4, 0.5) is 5.69 Å². The molecular weight excluding hydrogens is 316 g/mol. The smallest absolute Gasteiger partial charge is 0.247 e. The van der Waals surface area contributed by atoms with Gasteiger partial charge < -0.3 is 15.4 Å². The van der Waals surface area contributed by atoms with Gasteiger partial charge in [-0.1, -0.05) is 0 Å². The Labute approximate surface area is 140 Å². The van der Waals surface area contributed by atoms with Gasteiger partial charge in [0, 0.05) is 26.3 Å². The van der Waals surface area contributed by atoms with Gasteiger partial charge in [-0.05, 0) is 31.3 Å². The summed E-state index contributed by atoms with van der Waals surface area (Å²) in [6, 6.07) is -0.205. The van der Waals surface area contributed by atoms with Gasteiger partial charge in [0.25, 0.3) is 0 Å². The minimum atomic E-state index is -0.522. The number of carbonyl (C=O) groups is 2. The predicted molar refractivity (Wildman–Crippen MR) is 90.6 cm³/mol. The van der Waals surface area contributed by atoms with E-state index in [9.17, 15) is 9.59 Å². The molecule has 2 N–H and O–H groups in total. The lowest BCUT2D eigenvalue weighted by Gasteiger charge is -2.22. The van der Waals surface area contributed by atoms with E-state index < -0.39 is 6.04 Å². The molecule has 8 heteroatoms. The highest BCUT2D eigenvalue weighted by Crippen LogP contribution is 2.21. The molecule has 0 radical (unpaired) electrons. The highest BCUT2D eigenvalue weighted by molar-refractivity contribution is 7.98. The maximum Gasteiger partial charge on any atom is 0.247 e. The summed E-state index contributed by atoms with van der Waals surface area (Å²) in [5.41, 5.74) is 0.654. The van der Waals surface area contributed by atoms with Crippen LogP contribution in [0.15, 0.2) is 12.4 Å². The second kappa shape index (κ2) is 8.93. The molecule has 23 heavy (non-hydrogen) atoms. The van der Waals surface area contributed by atoms with Gasteiger partial charge in [-0.2, -0.15) is 16.9 Å². The van der Waals surface area contributed by atoms with Crippen LogP contribution < -0.4 is 10.6 Å². The van der Waals surface area contributed by atoms with Crippen LogP contribution in [0, 0.1) is 0 Å². The Hall–Kier alpha value is -1.54. The number of hydrogen-bond donors (Lipinski definition) is 2. The van der Waals surface area contributed by atoms with E-state index in [0.717, 1.165) is 31.8 Å². The van der Waals surface area contributed by atoms with Crippen molar-refractivity contribution in [2.75, 3.05) is 30.5 Å². The van der Waals surface area contributed by atoms with E-state index in [1.807, 2.05) is 17.1 Å². The molecule has 1 aromatic heterocycles. The van der Waals surface area contributed by atoms with Crippen molar-refractivity contribution in [2.24, 2.45) is 0 Å². The summed E-state index contributed by atoms with van der Waals surface area (Å²) in [7, 11) is 0. The van der Waals surface area contributed by atoms with Crippen LogP contribution >= 0.6 is 11.8 Å². The van der Waals surface area contributed by atoms with E-state index in [1.54, 1.807) is 18.0 Å². The summed E-state index contributed by atoms with van der Waals surface area (Å²) in [5.74, 6) is 0.393. The van der Waals surface area contributed by atoms with Crippen LogP contribution in [0.5, 0.6) is 0 Å². The third-order valence-corrected chi connectivity index (χ3v) is 4.38. The van der Waals surface area contributed by atoms with E-state index in [-0.39, 0.29) is 11.8 Å². The molecule has 1 unspecified atom stereocenters. The van der Waals surface area contributed by atoms with E-state index in [2.05, 4.69) is 15.7 Å². The average Bonchev–Trinajstić information content (AvgIpc) is 3.00. The molecule has 1 aliphatic rings. The fourth-order valence-corrected chi connectivity index (χ4v) is 3.00. The average molecular weight is 340 g/mol. The topological polar surface area (TPSA) is 85.3 Å². The van der Waals surface area contributed by atoms with Gasteiger partial charge in [0.2, 0.25) is 11.8 Å². The minimum Gasteiger partial charge on any atom is -0.381 e. The van der Waals surface area contributed by atoms with Crippen molar-refractivity contribution in [3.8, 4) is 0 Å². The van der Waals surface area contributed by atoms with Crippen LogP contribution in [0.1, 0.15) is 32.2 Å². The zero-order valence-corrected chi connectivity index (χ0v) is 14.4. The Balaban J connectivity index is 1.94. The second-order valence-corrected chi connectivity index (χ2v) is 6.56. The molecule has 7 nitrogen and oxygen atoms in total. The van der Waals surface area contributed by atoms with Crippen molar-refractivity contribution in [2.45, 2.75) is 38.3 Å². The van der Waals surface area contributed by atoms with Crippen molar-refractivity contribution in [3.63, 3.8) is 0 Å². The monoisotopic (exact) mass is 340 g/mol. The highest BCUT2D eigenvalue weighted by Gasteiger charge is 2.21. The van der Waals surface area contributed by atoms with E-state index in [0.29, 0.717) is 18.2 Å². The van der Waals surface area contributed by atoms with Crippen LogP contribution in [0.25, 0.3) is 0 Å². The third-order valence-electron chi connectivity index (χ3n) is 3.74. The van der Waals surface area contributed by atoms with Crippen LogP contribution in [0.3, 0.4) is 0 Å². The number of aromatic nitrogens is 2. The molecule has 2 heterocycles. The molecule has 0 saturated carbocycles. The SMILES string of the molecule is CSCCC(NC(C)=O)C(=O)Nc1cnn(C2CCOCC2)c1. The summed E-state index contributed by atoms with van der Waals surface area (Å²) in [6.45, 7) is 2.90. The Morgan fingerprint density at radius 1 is 1.48 bits per heavy atom. The Morgan fingerprint density at radius 2 is 2.22 bits per heavy atom. The molecule has 1 saturated heterocycles. The maximum absolute atomic E-state index is 12.3. The van der Waals surface area contributed by atoms with Crippen molar-refractivity contribution >= 4 is 29.3 Å². The fraction of sp³-hybridized carbons (Fsp3) is 0.667. The van der Waals surface area contributed by atoms with Crippen molar-refractivity contribution in [3.05, 3.63) is 12.4 Å². The van der Waals surface area contributed by atoms with Crippen molar-refractivity contribution in [1.82, 2.24) is 15.1 Å². The van der Waals surface area contributed by atoms with E-state index in [4.69, 9.17) is 4.74 Å². The summed E-state index contributed by atoms with van der Waals surface area (Å²) in [6.07, 6.45) is 7.91. The standard InChI is InChI=1S/C15H24N4O3S/c1-11(20)17-14(5-8-23-2)15(21)18-12-9-16-19(10-12)13-3-6-22-7-4-13/h9-10,13-14H,3-8H2,1-2H3,(H,17,20)(H,18,21). The zero-order valence-electron chi connectivity index (χ0n) is 13.6. The fourth-order valence-electron chi connectivity index (χ4n) is 2.53. The molecule has 0 aliphatic carbocycles. The minimum absolute atomic E-state index is 0.204. The lowest BCUT2D eigenvalue weighted by Crippen LogP contribution is -2.43. The molecule has 2 amide bonds. The molecule has 1 fully saturated rings. The Kier molecular flexibility index (Phi) is 6.91. The lowest BCUT2D eigenvalue weighted by atomic mass is 10.1. The molecule has 0 spiro atoms. The van der Waals surface area contributed by atoms with Gasteiger partial charge in [-0.3, -0.25) is 14.3 Å². The highest BCUT2D eigenvalue weighted by atomic mass is 32.2. The van der Waals surface area contributed by atoms with Gasteiger partial charge in [0.1, 0.15) is 6.04 Å². The maximum atomic E-state index is 12.3. The predicted octanol–water partition coefficient (Wildman–Crippen LogP) is 1.43. The van der Waals surface area contributed by atoms with E-state index >= 15 is 0 Å². The van der Waals surface area contributed by atoms with Crippen LogP contribution in [-0.4, -0.2) is 52.9 Å². The summed E-state index contributed by atoms with van der Waals surface area (Å²) >= 11 is 1.64. The first-order chi connectivity index (χ1) is 11.1. The summed E-state index contributed by atoms with van der Waals surface area (Å²) in [5, 5.41) is 9.87. The zero-order chi connectivity index (χ0) is 16.7. The number of nitrogens with one attached hydrogen (secondary N) is 2. The van der Waals surface area contributed by atoms with Gasteiger partial charge in [0.15, 0.2) is 0 Å². The largest absolute Gasteiger partial charge is 0.381 e. The number of ether oxygens (including phenoxy) is 1. The van der Waals surface area contributed by atoms with Crippen LogP contribution in [0.2, 0.25) is 0 Å². The van der Waals surface area contributed by atoms with Gasteiger partial charge in [-0.15, -0.1) is 0 Å². The number of amides is 2. The van der Waals surface area contributed by atoms with Gasteiger partial charge >= 0.3 is 0 Å².